The molecule has 0 spiro atoms. The normalized spacial score (nSPS) is 14.3. The standard InChI is InChI=1S/C66H60N4/c1-49-17-12-27-63(45-49)69(64-28-13-18-50(2)46-64)61-41-37-59(38-42-61)67(55-24-10-7-11-25-55)57-26-16-21-53(31-34-57)54-32-35-58(36-33-54)68(56-22-8-5-6-9-23-56)60-39-43-62(44-40-60)70(65-29-14-19-51(3)47-65)66-30-15-20-52(4)48-66/h5-8,10-14,16-19,21-25,27-48H,9,15,20,26H2,1-4H3. The molecule has 7 aromatic rings. The van der Waals surface area contributed by atoms with Crippen LogP contribution in [0.2, 0.25) is 0 Å². The summed E-state index contributed by atoms with van der Waals surface area (Å²) >= 11 is 0. The molecule has 0 saturated carbocycles. The zero-order chi connectivity index (χ0) is 47.8. The number of nitrogens with zero attached hydrogens (tertiary/aromatic N) is 4. The molecule has 0 aliphatic heterocycles. The SMILES string of the molecule is CC1=CC(N(c2ccc(N(C3=CCC=CC=C3)c3ccc(C4=CC=C(N(c5ccccc5)c5ccc(N(c6cccc(C)c6)c6cccc(C)c6)cc5)CC=C4)cc3)cc2)c2cccc(C)c2)=CCC1. The van der Waals surface area contributed by atoms with Crippen molar-refractivity contribution in [2.45, 2.75) is 53.4 Å². The van der Waals surface area contributed by atoms with Gasteiger partial charge in [0.2, 0.25) is 0 Å². The highest BCUT2D eigenvalue weighted by Crippen LogP contribution is 2.41. The van der Waals surface area contributed by atoms with Crippen molar-refractivity contribution in [3.63, 3.8) is 0 Å². The van der Waals surface area contributed by atoms with E-state index in [1.54, 1.807) is 0 Å². The largest absolute Gasteiger partial charge is 0.314 e. The summed E-state index contributed by atoms with van der Waals surface area (Å²) < 4.78 is 0. The number of allylic oxidation sites excluding steroid dienone is 13. The van der Waals surface area contributed by atoms with E-state index >= 15 is 0 Å². The van der Waals surface area contributed by atoms with E-state index in [1.807, 2.05) is 0 Å². The van der Waals surface area contributed by atoms with Crippen molar-refractivity contribution in [2.75, 3.05) is 19.6 Å². The lowest BCUT2D eigenvalue weighted by Gasteiger charge is -2.30. The van der Waals surface area contributed by atoms with Crippen LogP contribution < -0.4 is 19.6 Å². The van der Waals surface area contributed by atoms with E-state index < -0.39 is 0 Å². The molecule has 0 bridgehead atoms. The Balaban J connectivity index is 0.950. The maximum absolute atomic E-state index is 2.39. The predicted molar refractivity (Wildman–Crippen MR) is 299 cm³/mol. The third-order valence-electron chi connectivity index (χ3n) is 13.1. The van der Waals surface area contributed by atoms with Crippen LogP contribution in [-0.4, -0.2) is 0 Å². The average molecular weight is 909 g/mol. The van der Waals surface area contributed by atoms with Crippen LogP contribution in [0.3, 0.4) is 0 Å². The van der Waals surface area contributed by atoms with E-state index in [0.29, 0.717) is 0 Å². The Morgan fingerprint density at radius 3 is 1.46 bits per heavy atom. The number of benzene rings is 7. The zero-order valence-electron chi connectivity index (χ0n) is 40.7. The molecule has 0 heterocycles. The monoisotopic (exact) mass is 908 g/mol. The summed E-state index contributed by atoms with van der Waals surface area (Å²) in [5.41, 5.74) is 21.1. The van der Waals surface area contributed by atoms with Gasteiger partial charge in [-0.15, -0.1) is 0 Å². The summed E-state index contributed by atoms with van der Waals surface area (Å²) in [7, 11) is 0. The topological polar surface area (TPSA) is 13.0 Å². The van der Waals surface area contributed by atoms with E-state index in [1.165, 1.54) is 50.5 Å². The van der Waals surface area contributed by atoms with Crippen LogP contribution in [0.1, 0.15) is 54.9 Å². The maximum Gasteiger partial charge on any atom is 0.0464 e. The van der Waals surface area contributed by atoms with E-state index in [0.717, 1.165) is 76.9 Å². The highest BCUT2D eigenvalue weighted by atomic mass is 15.2. The molecule has 344 valence electrons. The first-order valence-electron chi connectivity index (χ1n) is 24.6. The van der Waals surface area contributed by atoms with E-state index in [9.17, 15) is 0 Å². The minimum atomic E-state index is 0.778. The molecule has 7 aromatic carbocycles. The molecule has 4 heteroatoms. The molecular formula is C66H60N4. The Morgan fingerprint density at radius 2 is 0.886 bits per heavy atom. The highest BCUT2D eigenvalue weighted by molar-refractivity contribution is 5.82. The van der Waals surface area contributed by atoms with Gasteiger partial charge in [-0.25, -0.2) is 0 Å². The van der Waals surface area contributed by atoms with Crippen molar-refractivity contribution in [2.24, 2.45) is 0 Å². The fraction of sp³-hybridized carbons (Fsp3) is 0.121. The lowest BCUT2D eigenvalue weighted by molar-refractivity contribution is 0.933. The fourth-order valence-corrected chi connectivity index (χ4v) is 9.70. The molecule has 0 radical (unpaired) electrons. The molecule has 0 amide bonds. The van der Waals surface area contributed by atoms with Crippen LogP contribution in [-0.2, 0) is 0 Å². The van der Waals surface area contributed by atoms with Gasteiger partial charge in [0.15, 0.2) is 0 Å². The van der Waals surface area contributed by atoms with Crippen molar-refractivity contribution in [1.29, 1.82) is 0 Å². The van der Waals surface area contributed by atoms with Gasteiger partial charge < -0.3 is 19.6 Å². The number of aryl methyl sites for hydroxylation is 3. The van der Waals surface area contributed by atoms with Gasteiger partial charge in [0.25, 0.3) is 0 Å². The van der Waals surface area contributed by atoms with Crippen LogP contribution in [0.5, 0.6) is 0 Å². The molecule has 0 N–H and O–H groups in total. The van der Waals surface area contributed by atoms with Gasteiger partial charge in [0.05, 0.1) is 0 Å². The first-order valence-corrected chi connectivity index (χ1v) is 24.6. The Bertz CT molecular complexity index is 3190. The van der Waals surface area contributed by atoms with Crippen molar-refractivity contribution in [3.8, 4) is 0 Å². The van der Waals surface area contributed by atoms with E-state index in [4.69, 9.17) is 0 Å². The number of rotatable bonds is 13. The first-order chi connectivity index (χ1) is 34.3. The molecule has 70 heavy (non-hydrogen) atoms. The van der Waals surface area contributed by atoms with Gasteiger partial charge in [0.1, 0.15) is 0 Å². The number of para-hydroxylation sites is 1. The number of hydrogen-bond acceptors (Lipinski definition) is 4. The van der Waals surface area contributed by atoms with Crippen LogP contribution in [0.15, 0.2) is 265 Å². The zero-order valence-corrected chi connectivity index (χ0v) is 40.7. The van der Waals surface area contributed by atoms with Crippen LogP contribution in [0.4, 0.5) is 51.2 Å². The summed E-state index contributed by atoms with van der Waals surface area (Å²) in [5, 5.41) is 0. The van der Waals surface area contributed by atoms with Gasteiger partial charge in [-0.05, 0) is 202 Å². The van der Waals surface area contributed by atoms with Crippen LogP contribution >= 0.6 is 0 Å². The molecule has 0 atom stereocenters. The minimum Gasteiger partial charge on any atom is -0.314 e. The van der Waals surface area contributed by atoms with Crippen molar-refractivity contribution >= 4 is 56.8 Å². The summed E-state index contributed by atoms with van der Waals surface area (Å²) in [6, 6.07) is 64.0. The van der Waals surface area contributed by atoms with Gasteiger partial charge >= 0.3 is 0 Å². The Hall–Kier alpha value is -8.34. The molecule has 0 fully saturated rings. The second-order valence-electron chi connectivity index (χ2n) is 18.5. The van der Waals surface area contributed by atoms with Crippen molar-refractivity contribution in [3.05, 3.63) is 288 Å². The van der Waals surface area contributed by atoms with Crippen LogP contribution in [0.25, 0.3) is 5.57 Å². The minimum absolute atomic E-state index is 0.778. The lowest BCUT2D eigenvalue weighted by atomic mass is 10.0. The summed E-state index contributed by atoms with van der Waals surface area (Å²) in [6.45, 7) is 8.71. The van der Waals surface area contributed by atoms with Gasteiger partial charge in [-0.1, -0.05) is 121 Å². The van der Waals surface area contributed by atoms with Gasteiger partial charge in [-0.2, -0.15) is 0 Å². The van der Waals surface area contributed by atoms with Gasteiger partial charge in [0, 0.05) is 74.7 Å². The van der Waals surface area contributed by atoms with E-state index in [2.05, 4.69) is 290 Å². The van der Waals surface area contributed by atoms with Gasteiger partial charge in [-0.3, -0.25) is 0 Å². The molecule has 3 aliphatic carbocycles. The highest BCUT2D eigenvalue weighted by Gasteiger charge is 2.21. The smallest absolute Gasteiger partial charge is 0.0464 e. The number of hydrogen-bond donors (Lipinski definition) is 0. The summed E-state index contributed by atoms with van der Waals surface area (Å²) in [4.78, 5) is 9.49. The predicted octanol–water partition coefficient (Wildman–Crippen LogP) is 18.4. The third-order valence-corrected chi connectivity index (χ3v) is 13.1. The second-order valence-corrected chi connectivity index (χ2v) is 18.5. The molecular weight excluding hydrogens is 849 g/mol. The average Bonchev–Trinajstić information content (AvgIpc) is 3.80. The van der Waals surface area contributed by atoms with Crippen molar-refractivity contribution < 1.29 is 0 Å². The first kappa shape index (κ1) is 45.4. The lowest BCUT2D eigenvalue weighted by Crippen LogP contribution is -2.18. The molecule has 3 aliphatic rings. The van der Waals surface area contributed by atoms with Crippen LogP contribution in [0, 0.1) is 20.8 Å². The van der Waals surface area contributed by atoms with E-state index in [-0.39, 0.29) is 0 Å². The Morgan fingerprint density at radius 1 is 0.386 bits per heavy atom. The Kier molecular flexibility index (Phi) is 13.6. The molecule has 0 unspecified atom stereocenters. The second kappa shape index (κ2) is 20.9. The van der Waals surface area contributed by atoms with Crippen molar-refractivity contribution in [1.82, 2.24) is 0 Å². The molecule has 0 aromatic heterocycles. The fourth-order valence-electron chi connectivity index (χ4n) is 9.70. The molecule has 0 saturated heterocycles. The molecule has 10 rings (SSSR count). The summed E-state index contributed by atoms with van der Waals surface area (Å²) in [6.07, 6.45) is 28.6. The summed E-state index contributed by atoms with van der Waals surface area (Å²) in [5.74, 6) is 0. The molecule has 4 nitrogen and oxygen atoms in total. The Labute approximate surface area is 415 Å². The number of anilines is 9. The maximum atomic E-state index is 2.39. The quantitative estimate of drug-likeness (QED) is 0.114. The third kappa shape index (κ3) is 10.2.